The van der Waals surface area contributed by atoms with Gasteiger partial charge in [0.05, 0.1) is 11.1 Å². The number of piperazine rings is 1. The molecule has 0 bridgehead atoms. The lowest BCUT2D eigenvalue weighted by Crippen LogP contribution is -2.64. The molecule has 2 aromatic heterocycles. The van der Waals surface area contributed by atoms with Crippen molar-refractivity contribution >= 4 is 34.1 Å². The predicted molar refractivity (Wildman–Crippen MR) is 113 cm³/mol. The van der Waals surface area contributed by atoms with Crippen molar-refractivity contribution in [3.63, 3.8) is 0 Å². The van der Waals surface area contributed by atoms with Crippen molar-refractivity contribution in [1.29, 1.82) is 0 Å². The molecule has 2 fully saturated rings. The number of H-pyrrole nitrogens is 1. The lowest BCUT2D eigenvalue weighted by Gasteiger charge is -2.47. The maximum absolute atomic E-state index is 12.9. The summed E-state index contributed by atoms with van der Waals surface area (Å²) in [7, 11) is 0. The summed E-state index contributed by atoms with van der Waals surface area (Å²) in [6, 6.07) is 5.22. The predicted octanol–water partition coefficient (Wildman–Crippen LogP) is 2.93. The molecule has 0 aliphatic carbocycles. The second-order valence-corrected chi connectivity index (χ2v) is 8.77. The van der Waals surface area contributed by atoms with Crippen molar-refractivity contribution in [2.45, 2.75) is 12.2 Å². The Labute approximate surface area is 185 Å². The van der Waals surface area contributed by atoms with Crippen LogP contribution in [0.15, 0.2) is 35.2 Å². The maximum atomic E-state index is 12.9. The third-order valence-electron chi connectivity index (χ3n) is 6.10. The minimum absolute atomic E-state index is 0.0520. The summed E-state index contributed by atoms with van der Waals surface area (Å²) in [5.41, 5.74) is 1.95. The molecule has 1 aromatic carbocycles. The van der Waals surface area contributed by atoms with Crippen molar-refractivity contribution in [1.82, 2.24) is 24.7 Å². The van der Waals surface area contributed by atoms with Crippen molar-refractivity contribution in [2.24, 2.45) is 0 Å². The number of benzene rings is 1. The number of likely N-dealkylation sites (tertiary alicyclic amines) is 1. The molecule has 168 valence electrons. The molecule has 11 heteroatoms. The smallest absolute Gasteiger partial charge is 0.351 e. The second kappa shape index (κ2) is 7.89. The summed E-state index contributed by atoms with van der Waals surface area (Å²) < 4.78 is 38.7. The third kappa shape index (κ3) is 3.86. The van der Waals surface area contributed by atoms with Crippen LogP contribution in [0.2, 0.25) is 0 Å². The second-order valence-electron chi connectivity index (χ2n) is 8.05. The van der Waals surface area contributed by atoms with Gasteiger partial charge < -0.3 is 14.8 Å². The van der Waals surface area contributed by atoms with E-state index in [-0.39, 0.29) is 23.6 Å². The first-order chi connectivity index (χ1) is 15.3. The molecular weight excluding hydrogens is 443 g/mol. The van der Waals surface area contributed by atoms with Gasteiger partial charge in [-0.2, -0.15) is 13.2 Å². The Morgan fingerprint density at radius 2 is 1.78 bits per heavy atom. The van der Waals surface area contributed by atoms with E-state index in [0.29, 0.717) is 42.8 Å². The van der Waals surface area contributed by atoms with Crippen LogP contribution in [-0.2, 0) is 6.18 Å². The number of rotatable bonds is 3. The van der Waals surface area contributed by atoms with E-state index in [4.69, 9.17) is 0 Å². The molecule has 3 aromatic rings. The SMILES string of the molecule is O=C(c1cscn1)N1CCN(C2CN(C(=O)c3cc4ccc(C(F)(F)F)cc4[nH]3)C2)CC1. The third-order valence-corrected chi connectivity index (χ3v) is 6.69. The Morgan fingerprint density at radius 1 is 1.03 bits per heavy atom. The number of carbonyl (C=O) groups excluding carboxylic acids is 2. The maximum Gasteiger partial charge on any atom is 0.416 e. The summed E-state index contributed by atoms with van der Waals surface area (Å²) in [6.07, 6.45) is -4.43. The highest BCUT2D eigenvalue weighted by Crippen LogP contribution is 2.32. The van der Waals surface area contributed by atoms with Gasteiger partial charge in [-0.3, -0.25) is 14.5 Å². The zero-order valence-corrected chi connectivity index (χ0v) is 17.7. The number of halogens is 3. The lowest BCUT2D eigenvalue weighted by atomic mass is 10.1. The van der Waals surface area contributed by atoms with E-state index in [2.05, 4.69) is 14.9 Å². The fraction of sp³-hybridized carbons (Fsp3) is 0.381. The number of nitrogens with zero attached hydrogens (tertiary/aromatic N) is 4. The number of amides is 2. The number of carbonyl (C=O) groups is 2. The summed E-state index contributed by atoms with van der Waals surface area (Å²) in [5.74, 6) is -0.271. The minimum atomic E-state index is -4.43. The van der Waals surface area contributed by atoms with Gasteiger partial charge in [0.15, 0.2) is 0 Å². The molecule has 32 heavy (non-hydrogen) atoms. The van der Waals surface area contributed by atoms with E-state index in [1.165, 1.54) is 17.4 Å². The zero-order chi connectivity index (χ0) is 22.5. The van der Waals surface area contributed by atoms with Gasteiger partial charge >= 0.3 is 6.18 Å². The van der Waals surface area contributed by atoms with Crippen LogP contribution in [0.3, 0.4) is 0 Å². The number of alkyl halides is 3. The Balaban J connectivity index is 1.16. The first-order valence-electron chi connectivity index (χ1n) is 10.2. The molecule has 7 nitrogen and oxygen atoms in total. The van der Waals surface area contributed by atoms with Gasteiger partial charge in [-0.1, -0.05) is 6.07 Å². The molecule has 4 heterocycles. The van der Waals surface area contributed by atoms with E-state index in [9.17, 15) is 22.8 Å². The van der Waals surface area contributed by atoms with E-state index < -0.39 is 11.7 Å². The van der Waals surface area contributed by atoms with Gasteiger partial charge in [-0.05, 0) is 18.2 Å². The summed E-state index contributed by atoms with van der Waals surface area (Å²) in [6.45, 7) is 3.81. The monoisotopic (exact) mass is 463 g/mol. The van der Waals surface area contributed by atoms with Crippen LogP contribution in [0.4, 0.5) is 13.2 Å². The highest BCUT2D eigenvalue weighted by atomic mass is 32.1. The Kier molecular flexibility index (Phi) is 5.17. The molecule has 1 N–H and O–H groups in total. The highest BCUT2D eigenvalue weighted by molar-refractivity contribution is 7.07. The number of aromatic amines is 1. The van der Waals surface area contributed by atoms with Crippen LogP contribution in [0, 0.1) is 0 Å². The summed E-state index contributed by atoms with van der Waals surface area (Å²) >= 11 is 1.40. The Bertz CT molecular complexity index is 1150. The first-order valence-corrected chi connectivity index (χ1v) is 11.1. The van der Waals surface area contributed by atoms with E-state index in [0.717, 1.165) is 25.2 Å². The lowest BCUT2D eigenvalue weighted by molar-refractivity contribution is -0.137. The fourth-order valence-corrected chi connectivity index (χ4v) is 4.74. The van der Waals surface area contributed by atoms with Gasteiger partial charge in [0.2, 0.25) is 0 Å². The number of hydrogen-bond acceptors (Lipinski definition) is 5. The first kappa shape index (κ1) is 21.0. The fourth-order valence-electron chi connectivity index (χ4n) is 4.21. The van der Waals surface area contributed by atoms with Crippen LogP contribution in [-0.4, -0.2) is 81.8 Å². The van der Waals surface area contributed by atoms with Crippen LogP contribution >= 0.6 is 11.3 Å². The van der Waals surface area contributed by atoms with Gasteiger partial charge in [0.25, 0.3) is 11.8 Å². The molecule has 0 atom stereocenters. The molecule has 5 rings (SSSR count). The number of hydrogen-bond donors (Lipinski definition) is 1. The normalized spacial score (nSPS) is 18.2. The number of thiazole rings is 1. The average molecular weight is 463 g/mol. The van der Waals surface area contributed by atoms with Crippen LogP contribution in [0.25, 0.3) is 10.9 Å². The van der Waals surface area contributed by atoms with E-state index >= 15 is 0 Å². The average Bonchev–Trinajstić information content (AvgIpc) is 3.41. The van der Waals surface area contributed by atoms with Crippen LogP contribution < -0.4 is 0 Å². The van der Waals surface area contributed by atoms with Crippen molar-refractivity contribution < 1.29 is 22.8 Å². The van der Waals surface area contributed by atoms with Gasteiger partial charge in [0.1, 0.15) is 11.4 Å². The highest BCUT2D eigenvalue weighted by Gasteiger charge is 2.37. The summed E-state index contributed by atoms with van der Waals surface area (Å²) in [5, 5.41) is 2.32. The molecule has 2 aliphatic rings. The molecule has 0 spiro atoms. The van der Waals surface area contributed by atoms with E-state index in [1.54, 1.807) is 26.8 Å². The number of aromatic nitrogens is 2. The van der Waals surface area contributed by atoms with Crippen molar-refractivity contribution in [3.05, 3.63) is 52.1 Å². The molecule has 0 saturated carbocycles. The molecule has 2 aliphatic heterocycles. The Morgan fingerprint density at radius 3 is 2.44 bits per heavy atom. The molecular formula is C21H20F3N5O2S. The largest absolute Gasteiger partial charge is 0.416 e. The topological polar surface area (TPSA) is 72.5 Å². The molecule has 2 amide bonds. The van der Waals surface area contributed by atoms with Gasteiger partial charge in [-0.15, -0.1) is 11.3 Å². The number of fused-ring (bicyclic) bond motifs is 1. The van der Waals surface area contributed by atoms with Gasteiger partial charge in [0, 0.05) is 61.6 Å². The molecule has 2 saturated heterocycles. The number of nitrogens with one attached hydrogen (secondary N) is 1. The Hall–Kier alpha value is -2.92. The van der Waals surface area contributed by atoms with E-state index in [1.807, 2.05) is 0 Å². The van der Waals surface area contributed by atoms with Crippen LogP contribution in [0.5, 0.6) is 0 Å². The van der Waals surface area contributed by atoms with Crippen LogP contribution in [0.1, 0.15) is 26.5 Å². The van der Waals surface area contributed by atoms with Crippen molar-refractivity contribution in [3.8, 4) is 0 Å². The summed E-state index contributed by atoms with van der Waals surface area (Å²) in [4.78, 5) is 37.8. The zero-order valence-electron chi connectivity index (χ0n) is 16.9. The minimum Gasteiger partial charge on any atom is -0.351 e. The van der Waals surface area contributed by atoms with Crippen molar-refractivity contribution in [2.75, 3.05) is 39.3 Å². The quantitative estimate of drug-likeness (QED) is 0.649. The standard InChI is InChI=1S/C21H20F3N5O2S/c22-21(23,24)14-2-1-13-7-17(26-16(13)8-14)19(30)29-9-15(10-29)27-3-5-28(6-4-27)20(31)18-11-32-12-25-18/h1-2,7-8,11-12,15,26H,3-6,9-10H2. The van der Waals surface area contributed by atoms with Gasteiger partial charge in [-0.25, -0.2) is 4.98 Å². The molecule has 0 unspecified atom stereocenters. The molecule has 0 radical (unpaired) electrons.